The van der Waals surface area contributed by atoms with E-state index in [4.69, 9.17) is 0 Å². The van der Waals surface area contributed by atoms with Crippen LogP contribution in [0.15, 0.2) is 24.3 Å². The van der Waals surface area contributed by atoms with E-state index in [2.05, 4.69) is 54.2 Å². The molecule has 17 heavy (non-hydrogen) atoms. The van der Waals surface area contributed by atoms with Crippen LogP contribution in [-0.2, 0) is 0 Å². The Hall–Kier alpha value is -0.520. The van der Waals surface area contributed by atoms with Crippen LogP contribution in [0.3, 0.4) is 0 Å². The van der Waals surface area contributed by atoms with Crippen molar-refractivity contribution in [3.8, 4) is 0 Å². The molecule has 0 saturated heterocycles. The average Bonchev–Trinajstić information content (AvgIpc) is 2.36. The van der Waals surface area contributed by atoms with Gasteiger partial charge in [0.15, 0.2) is 0 Å². The van der Waals surface area contributed by atoms with Crippen LogP contribution in [0.4, 0.5) is 0 Å². The second-order valence-electron chi connectivity index (χ2n) is 5.16. The summed E-state index contributed by atoms with van der Waals surface area (Å²) in [6.07, 6.45) is 10.9. The third-order valence-electron chi connectivity index (χ3n) is 3.26. The molecule has 0 heterocycles. The summed E-state index contributed by atoms with van der Waals surface area (Å²) in [5.74, 6) is 1.65. The minimum Gasteiger partial charge on any atom is -0.0988 e. The average molecular weight is 238 g/mol. The minimum absolute atomic E-state index is 0.697. The van der Waals surface area contributed by atoms with Crippen LogP contribution in [0.25, 0.3) is 0 Å². The van der Waals surface area contributed by atoms with Gasteiger partial charge in [-0.1, -0.05) is 91.0 Å². The molecule has 0 aromatic heterocycles. The fourth-order valence-corrected chi connectivity index (χ4v) is 1.39. The maximum absolute atomic E-state index is 3.68. The van der Waals surface area contributed by atoms with Crippen molar-refractivity contribution in [2.45, 2.75) is 73.6 Å². The monoisotopic (exact) mass is 238 g/mol. The number of hydrogen-bond donors (Lipinski definition) is 0. The van der Waals surface area contributed by atoms with E-state index in [-0.39, 0.29) is 0 Å². The van der Waals surface area contributed by atoms with Crippen molar-refractivity contribution in [1.29, 1.82) is 0 Å². The summed E-state index contributed by atoms with van der Waals surface area (Å²) in [7, 11) is 0. The van der Waals surface area contributed by atoms with Crippen molar-refractivity contribution in [1.82, 2.24) is 0 Å². The Kier molecular flexibility index (Phi) is 15.0. The summed E-state index contributed by atoms with van der Waals surface area (Å²) in [6.45, 7) is 17.0. The van der Waals surface area contributed by atoms with Gasteiger partial charge < -0.3 is 0 Å². The molecule has 0 aromatic carbocycles. The van der Waals surface area contributed by atoms with Crippen molar-refractivity contribution in [2.24, 2.45) is 11.8 Å². The van der Waals surface area contributed by atoms with Crippen LogP contribution in [0, 0.1) is 11.8 Å². The molecule has 1 unspecified atom stereocenters. The Bertz CT molecular complexity index is 188. The second-order valence-corrected chi connectivity index (χ2v) is 5.16. The minimum atomic E-state index is 0.697. The maximum Gasteiger partial charge on any atom is -0.0259 e. The lowest BCUT2D eigenvalue weighted by molar-refractivity contribution is 0.492. The van der Waals surface area contributed by atoms with Crippen LogP contribution in [0.1, 0.15) is 73.6 Å². The van der Waals surface area contributed by atoms with Crippen molar-refractivity contribution in [2.75, 3.05) is 0 Å². The summed E-state index contributed by atoms with van der Waals surface area (Å²) in [5.41, 5.74) is 1.28. The maximum atomic E-state index is 3.68. The van der Waals surface area contributed by atoms with Gasteiger partial charge in [0, 0.05) is 0 Å². The van der Waals surface area contributed by atoms with E-state index in [1.807, 2.05) is 6.08 Å². The third kappa shape index (κ3) is 15.5. The first kappa shape index (κ1) is 18.8. The van der Waals surface area contributed by atoms with E-state index in [0.717, 1.165) is 5.92 Å². The molecule has 0 N–H and O–H groups in total. The standard InChI is InChI=1S/C9H16.C8H18/c1-5-8(3)7-9(4)6-2;1-4-6-7-8(3)5-2/h5,7,9H,1,6H2,2-4H3;8H,4-7H2,1-3H3/b8-7+;/t;8-/m.1/s1. The topological polar surface area (TPSA) is 0 Å². The summed E-state index contributed by atoms with van der Waals surface area (Å²) >= 11 is 0. The van der Waals surface area contributed by atoms with Gasteiger partial charge in [0.2, 0.25) is 0 Å². The molecule has 2 atom stereocenters. The SMILES string of the molecule is C=C/C(C)=C/C(C)CC.CCCC[C@H](C)CC. The predicted octanol–water partition coefficient (Wildman–Crippen LogP) is 6.39. The van der Waals surface area contributed by atoms with E-state index in [9.17, 15) is 0 Å². The molecule has 0 spiro atoms. The zero-order chi connectivity index (χ0) is 13.7. The van der Waals surface area contributed by atoms with Crippen molar-refractivity contribution in [3.63, 3.8) is 0 Å². The fraction of sp³-hybridized carbons (Fsp3) is 0.765. The smallest absolute Gasteiger partial charge is 0.0259 e. The van der Waals surface area contributed by atoms with E-state index < -0.39 is 0 Å². The van der Waals surface area contributed by atoms with Crippen LogP contribution in [0.5, 0.6) is 0 Å². The highest BCUT2D eigenvalue weighted by atomic mass is 14.0. The van der Waals surface area contributed by atoms with E-state index >= 15 is 0 Å². The van der Waals surface area contributed by atoms with Gasteiger partial charge in [-0.2, -0.15) is 0 Å². The van der Waals surface area contributed by atoms with Gasteiger partial charge in [0.25, 0.3) is 0 Å². The van der Waals surface area contributed by atoms with Crippen molar-refractivity contribution < 1.29 is 0 Å². The second kappa shape index (κ2) is 13.5. The van der Waals surface area contributed by atoms with Crippen LogP contribution in [0.2, 0.25) is 0 Å². The first-order valence-corrected chi connectivity index (χ1v) is 7.32. The van der Waals surface area contributed by atoms with Crippen molar-refractivity contribution >= 4 is 0 Å². The highest BCUT2D eigenvalue weighted by Crippen LogP contribution is 2.09. The lowest BCUT2D eigenvalue weighted by Gasteiger charge is -2.04. The lowest BCUT2D eigenvalue weighted by atomic mass is 10.0. The molecule has 0 bridgehead atoms. The largest absolute Gasteiger partial charge is 0.0988 e. The fourth-order valence-electron chi connectivity index (χ4n) is 1.39. The Labute approximate surface area is 110 Å². The van der Waals surface area contributed by atoms with Gasteiger partial charge in [0.05, 0.1) is 0 Å². The summed E-state index contributed by atoms with van der Waals surface area (Å²) in [5, 5.41) is 0. The molecular formula is C17H34. The highest BCUT2D eigenvalue weighted by Gasteiger charge is 1.94. The predicted molar refractivity (Wildman–Crippen MR) is 82.4 cm³/mol. The molecule has 0 aliphatic heterocycles. The molecule has 0 amide bonds. The quantitative estimate of drug-likeness (QED) is 0.451. The number of allylic oxidation sites excluding steroid dienone is 3. The van der Waals surface area contributed by atoms with Gasteiger partial charge >= 0.3 is 0 Å². The number of rotatable bonds is 7. The van der Waals surface area contributed by atoms with E-state index in [1.165, 1.54) is 37.7 Å². The van der Waals surface area contributed by atoms with Gasteiger partial charge in [-0.25, -0.2) is 0 Å². The molecule has 0 aliphatic rings. The molecule has 102 valence electrons. The Morgan fingerprint density at radius 3 is 2.06 bits per heavy atom. The normalized spacial score (nSPS) is 14.6. The molecule has 0 fully saturated rings. The number of unbranched alkanes of at least 4 members (excludes halogenated alkanes) is 1. The first-order chi connectivity index (χ1) is 8.01. The van der Waals surface area contributed by atoms with Gasteiger partial charge in [-0.15, -0.1) is 0 Å². The van der Waals surface area contributed by atoms with Crippen LogP contribution < -0.4 is 0 Å². The molecule has 0 radical (unpaired) electrons. The highest BCUT2D eigenvalue weighted by molar-refractivity contribution is 5.13. The first-order valence-electron chi connectivity index (χ1n) is 7.32. The van der Waals surface area contributed by atoms with Crippen LogP contribution in [-0.4, -0.2) is 0 Å². The van der Waals surface area contributed by atoms with Crippen molar-refractivity contribution in [3.05, 3.63) is 24.3 Å². The zero-order valence-corrected chi connectivity index (χ0v) is 13.1. The Balaban J connectivity index is 0. The van der Waals surface area contributed by atoms with Gasteiger partial charge in [0.1, 0.15) is 0 Å². The zero-order valence-electron chi connectivity index (χ0n) is 13.1. The molecule has 0 aromatic rings. The van der Waals surface area contributed by atoms with Gasteiger partial charge in [-0.3, -0.25) is 0 Å². The Morgan fingerprint density at radius 1 is 1.12 bits per heavy atom. The summed E-state index contributed by atoms with van der Waals surface area (Å²) in [6, 6.07) is 0. The number of hydrogen-bond acceptors (Lipinski definition) is 0. The van der Waals surface area contributed by atoms with E-state index in [0.29, 0.717) is 5.92 Å². The molecule has 0 saturated carbocycles. The molecule has 0 aliphatic carbocycles. The molecule has 0 rings (SSSR count). The molecule has 0 heteroatoms. The van der Waals surface area contributed by atoms with E-state index in [1.54, 1.807) is 0 Å². The summed E-state index contributed by atoms with van der Waals surface area (Å²) in [4.78, 5) is 0. The van der Waals surface area contributed by atoms with Gasteiger partial charge in [-0.05, 0) is 18.8 Å². The lowest BCUT2D eigenvalue weighted by Crippen LogP contribution is -1.89. The third-order valence-corrected chi connectivity index (χ3v) is 3.26. The summed E-state index contributed by atoms with van der Waals surface area (Å²) < 4.78 is 0. The molecular weight excluding hydrogens is 204 g/mol. The Morgan fingerprint density at radius 2 is 1.71 bits per heavy atom. The van der Waals surface area contributed by atoms with Crippen LogP contribution >= 0.6 is 0 Å². The molecule has 0 nitrogen and oxygen atoms in total.